The summed E-state index contributed by atoms with van der Waals surface area (Å²) in [6, 6.07) is 1.78. The molecule has 12 heteroatoms. The van der Waals surface area contributed by atoms with Gasteiger partial charge in [0.05, 0.1) is 42.0 Å². The molecule has 1 aromatic rings. The Kier molecular flexibility index (Phi) is 8.27. The van der Waals surface area contributed by atoms with Gasteiger partial charge in [-0.15, -0.1) is 0 Å². The van der Waals surface area contributed by atoms with Crippen LogP contribution in [-0.2, 0) is 39.8 Å². The Hall–Kier alpha value is -2.35. The lowest BCUT2D eigenvalue weighted by atomic mass is 9.35. The molecule has 1 aromatic heterocycles. The van der Waals surface area contributed by atoms with Gasteiger partial charge in [-0.3, -0.25) is 9.59 Å². The first-order chi connectivity index (χ1) is 24.2. The minimum atomic E-state index is -1.47. The van der Waals surface area contributed by atoms with E-state index in [1.807, 2.05) is 27.7 Å². The summed E-state index contributed by atoms with van der Waals surface area (Å²) < 4.78 is 31.9. The molecular formula is C39H54O12. The van der Waals surface area contributed by atoms with Gasteiger partial charge in [0.1, 0.15) is 30.2 Å². The van der Waals surface area contributed by atoms with E-state index < -0.39 is 81.9 Å². The fourth-order valence-corrected chi connectivity index (χ4v) is 13.1. The van der Waals surface area contributed by atoms with Gasteiger partial charge in [-0.1, -0.05) is 39.5 Å². The predicted octanol–water partition coefficient (Wildman–Crippen LogP) is 3.34. The molecule has 4 saturated heterocycles. The Bertz CT molecular complexity index is 1580. The number of fused-ring (bicyclic) bond motifs is 2. The molecule has 4 aliphatic heterocycles. The number of epoxide rings is 1. The Labute approximate surface area is 298 Å². The third kappa shape index (κ3) is 4.38. The number of esters is 2. The van der Waals surface area contributed by atoms with E-state index in [0.29, 0.717) is 49.8 Å². The monoisotopic (exact) mass is 714 g/mol. The summed E-state index contributed by atoms with van der Waals surface area (Å²) >= 11 is 0. The molecule has 12 atom stereocenters. The lowest BCUT2D eigenvalue weighted by molar-refractivity contribution is -0.264. The number of carbonyl (C=O) groups is 3. The minimum absolute atomic E-state index is 0.00908. The number of aliphatic hydroxyl groups is 4. The molecule has 7 fully saturated rings. The molecule has 0 radical (unpaired) electrons. The van der Waals surface area contributed by atoms with Crippen molar-refractivity contribution in [2.45, 2.75) is 140 Å². The van der Waals surface area contributed by atoms with E-state index in [4.69, 9.17) is 23.4 Å². The molecule has 7 aliphatic rings. The molecule has 5 heterocycles. The highest BCUT2D eigenvalue weighted by Crippen LogP contribution is 2.81. The van der Waals surface area contributed by atoms with Crippen LogP contribution in [0.4, 0.5) is 0 Å². The van der Waals surface area contributed by atoms with Crippen molar-refractivity contribution >= 4 is 17.7 Å². The zero-order valence-corrected chi connectivity index (χ0v) is 30.2. The third-order valence-electron chi connectivity index (χ3n) is 15.2. The molecule has 0 amide bonds. The molecule has 0 bridgehead atoms. The molecule has 12 nitrogen and oxygen atoms in total. The summed E-state index contributed by atoms with van der Waals surface area (Å²) in [6.07, 6.45) is 3.77. The summed E-state index contributed by atoms with van der Waals surface area (Å²) in [7, 11) is 0. The number of aliphatic hydroxyl groups excluding tert-OH is 4. The second-order valence-corrected chi connectivity index (χ2v) is 17.8. The van der Waals surface area contributed by atoms with Crippen molar-refractivity contribution in [3.8, 4) is 0 Å². The highest BCUT2D eigenvalue weighted by molar-refractivity contribution is 5.92. The second kappa shape index (κ2) is 11.8. The molecule has 8 rings (SSSR count). The fourth-order valence-electron chi connectivity index (χ4n) is 13.1. The summed E-state index contributed by atoms with van der Waals surface area (Å²) in [5.74, 6) is -2.10. The topological polar surface area (TPSA) is 185 Å². The van der Waals surface area contributed by atoms with Crippen LogP contribution >= 0.6 is 0 Å². The van der Waals surface area contributed by atoms with Crippen molar-refractivity contribution in [3.63, 3.8) is 0 Å². The normalized spacial score (nSPS) is 44.0. The van der Waals surface area contributed by atoms with E-state index in [9.17, 15) is 34.8 Å². The standard InChI is InChI=1S/C39H54O12/c1-34(2)27-26(43)28(44)36(4)25(38(27)20-48-33(46)37(32(38)51-34)13-7-8-14-37)11-15-35(3)29(49-31(45)30-39(35,36)50-30)22-12-17-47-24(22)18-21(23(42)19-41)10-6-5-9-16-40/h12,17,21,23,25,27-30,32,40-42,44H,5-11,13-16,18-20H2,1-4H3/t21-,23+,25-,27+,28+,29-,30+,32-,35-,36-,38+,39+/m0/s1. The van der Waals surface area contributed by atoms with E-state index in [1.165, 1.54) is 0 Å². The molecule has 0 aromatic carbocycles. The van der Waals surface area contributed by atoms with Crippen molar-refractivity contribution < 1.29 is 58.2 Å². The van der Waals surface area contributed by atoms with Gasteiger partial charge in [0.25, 0.3) is 0 Å². The van der Waals surface area contributed by atoms with Crippen molar-refractivity contribution in [1.82, 2.24) is 0 Å². The van der Waals surface area contributed by atoms with Gasteiger partial charge in [-0.05, 0) is 70.3 Å². The SMILES string of the molecule is CC1(C)O[C@H]2C3(CCCC3)C(=O)OC[C@@]23[C@@H]1C(=O)[C@@H](O)[C@]1(C)[C@@H]3CC[C@@]2(C)[C@H](c3ccoc3C[C@H](CCCCCO)[C@H](O)CO)OC(=O)[C@H]3O[C@@]312. The highest BCUT2D eigenvalue weighted by atomic mass is 16.7. The van der Waals surface area contributed by atoms with Crippen molar-refractivity contribution in [3.05, 3.63) is 23.7 Å². The number of rotatable bonds is 10. The van der Waals surface area contributed by atoms with Gasteiger partial charge in [-0.25, -0.2) is 4.79 Å². The van der Waals surface area contributed by atoms with Crippen LogP contribution < -0.4 is 0 Å². The Morgan fingerprint density at radius 3 is 2.41 bits per heavy atom. The van der Waals surface area contributed by atoms with Crippen molar-refractivity contribution in [2.24, 2.45) is 39.4 Å². The first-order valence-electron chi connectivity index (χ1n) is 19.1. The van der Waals surface area contributed by atoms with E-state index >= 15 is 0 Å². The summed E-state index contributed by atoms with van der Waals surface area (Å²) in [4.78, 5) is 42.5. The second-order valence-electron chi connectivity index (χ2n) is 17.8. The summed E-state index contributed by atoms with van der Waals surface area (Å²) in [5.41, 5.74) is -5.53. The average molecular weight is 715 g/mol. The van der Waals surface area contributed by atoms with Crippen molar-refractivity contribution in [1.29, 1.82) is 0 Å². The van der Waals surface area contributed by atoms with Gasteiger partial charge in [0, 0.05) is 34.8 Å². The Morgan fingerprint density at radius 2 is 1.71 bits per heavy atom. The number of Topliss-reactive ketones (excluding diaryl/α,β-unsaturated/α-hetero) is 1. The van der Waals surface area contributed by atoms with Crippen LogP contribution in [0.2, 0.25) is 0 Å². The van der Waals surface area contributed by atoms with Gasteiger partial charge in [0.2, 0.25) is 0 Å². The number of ether oxygens (including phenoxy) is 4. The maximum Gasteiger partial charge on any atom is 0.339 e. The number of carbonyl (C=O) groups excluding carboxylic acids is 3. The number of hydrogen-bond donors (Lipinski definition) is 4. The van der Waals surface area contributed by atoms with Crippen LogP contribution in [0.1, 0.15) is 109 Å². The molecule has 3 aliphatic carbocycles. The van der Waals surface area contributed by atoms with E-state index in [2.05, 4.69) is 0 Å². The van der Waals surface area contributed by atoms with Gasteiger partial charge in [0.15, 0.2) is 11.9 Å². The van der Waals surface area contributed by atoms with Crippen LogP contribution in [-0.4, -0.2) is 93.6 Å². The van der Waals surface area contributed by atoms with Crippen molar-refractivity contribution in [2.75, 3.05) is 19.8 Å². The molecule has 4 N–H and O–H groups in total. The van der Waals surface area contributed by atoms with Crippen LogP contribution in [0.3, 0.4) is 0 Å². The third-order valence-corrected chi connectivity index (χ3v) is 15.2. The Morgan fingerprint density at radius 1 is 0.961 bits per heavy atom. The maximum absolute atomic E-state index is 14.8. The van der Waals surface area contributed by atoms with E-state index in [-0.39, 0.29) is 43.2 Å². The first-order valence-corrected chi connectivity index (χ1v) is 19.1. The average Bonchev–Trinajstić information content (AvgIpc) is 3.34. The van der Waals surface area contributed by atoms with Gasteiger partial charge >= 0.3 is 11.9 Å². The van der Waals surface area contributed by atoms with E-state index in [0.717, 1.165) is 25.7 Å². The van der Waals surface area contributed by atoms with Gasteiger partial charge < -0.3 is 43.8 Å². The fraction of sp³-hybridized carbons (Fsp3) is 0.821. The molecule has 51 heavy (non-hydrogen) atoms. The molecule has 3 saturated carbocycles. The minimum Gasteiger partial charge on any atom is -0.469 e. The smallest absolute Gasteiger partial charge is 0.339 e. The number of cyclic esters (lactones) is 2. The summed E-state index contributed by atoms with van der Waals surface area (Å²) in [6.45, 7) is 7.38. The summed E-state index contributed by atoms with van der Waals surface area (Å²) in [5, 5.41) is 42.3. The molecule has 282 valence electrons. The lowest BCUT2D eigenvalue weighted by Crippen LogP contribution is -2.77. The van der Waals surface area contributed by atoms with Crippen LogP contribution in [0, 0.1) is 39.4 Å². The molecular weight excluding hydrogens is 660 g/mol. The number of furan rings is 1. The predicted molar refractivity (Wildman–Crippen MR) is 178 cm³/mol. The number of unbranched alkanes of at least 4 members (excludes halogenated alkanes) is 2. The largest absolute Gasteiger partial charge is 0.469 e. The molecule has 3 spiro atoms. The first kappa shape index (κ1) is 35.7. The number of hydrogen-bond acceptors (Lipinski definition) is 12. The van der Waals surface area contributed by atoms with Gasteiger partial charge in [-0.2, -0.15) is 0 Å². The Balaban J connectivity index is 1.20. The van der Waals surface area contributed by atoms with E-state index in [1.54, 1.807) is 12.3 Å². The number of ketones is 1. The van der Waals surface area contributed by atoms with Crippen LogP contribution in [0.5, 0.6) is 0 Å². The highest BCUT2D eigenvalue weighted by Gasteiger charge is 2.91. The quantitative estimate of drug-likeness (QED) is 0.158. The van der Waals surface area contributed by atoms with Crippen LogP contribution in [0.25, 0.3) is 0 Å². The maximum atomic E-state index is 14.8. The lowest BCUT2D eigenvalue weighted by Gasteiger charge is -2.67. The molecule has 0 unspecified atom stereocenters. The zero-order valence-electron chi connectivity index (χ0n) is 30.2. The van der Waals surface area contributed by atoms with Crippen LogP contribution in [0.15, 0.2) is 16.7 Å². The zero-order chi connectivity index (χ0) is 36.4.